The molecule has 0 radical (unpaired) electrons. The van der Waals surface area contributed by atoms with Crippen LogP contribution in [0.4, 0.5) is 4.39 Å². The van der Waals surface area contributed by atoms with Crippen LogP contribution in [0.2, 0.25) is 0 Å². The van der Waals surface area contributed by atoms with E-state index in [-0.39, 0.29) is 17.8 Å². The number of piperidine rings is 1. The van der Waals surface area contributed by atoms with Crippen molar-refractivity contribution in [1.29, 1.82) is 0 Å². The molecule has 1 unspecified atom stereocenters. The largest absolute Gasteiger partial charge is 0.497 e. The Bertz CT molecular complexity index is 972. The summed E-state index contributed by atoms with van der Waals surface area (Å²) in [4.78, 5) is 15.5. The van der Waals surface area contributed by atoms with Crippen LogP contribution >= 0.6 is 0 Å². The summed E-state index contributed by atoms with van der Waals surface area (Å²) in [5.74, 6) is 0.855. The summed E-state index contributed by atoms with van der Waals surface area (Å²) < 4.78 is 25.4. The van der Waals surface area contributed by atoms with Gasteiger partial charge in [-0.05, 0) is 44.1 Å². The molecule has 2 aromatic carbocycles. The van der Waals surface area contributed by atoms with Gasteiger partial charge >= 0.3 is 0 Å². The monoisotopic (exact) mass is 425 g/mol. The fraction of sp³-hybridized carbons (Fsp3) is 0.417. The van der Waals surface area contributed by atoms with Gasteiger partial charge in [-0.15, -0.1) is 0 Å². The molecule has 1 atom stereocenters. The van der Waals surface area contributed by atoms with E-state index in [2.05, 4.69) is 10.0 Å². The van der Waals surface area contributed by atoms with E-state index >= 15 is 0 Å². The third kappa shape index (κ3) is 4.56. The van der Waals surface area contributed by atoms with Crippen LogP contribution in [-0.4, -0.2) is 55.4 Å². The highest BCUT2D eigenvalue weighted by Crippen LogP contribution is 2.39. The average molecular weight is 426 g/mol. The molecule has 6 nitrogen and oxygen atoms in total. The number of hydrogen-bond donors (Lipinski definition) is 0. The van der Waals surface area contributed by atoms with Gasteiger partial charge in [-0.25, -0.2) is 9.40 Å². The zero-order valence-electron chi connectivity index (χ0n) is 18.0. The molecular formula is C24H28FN3O3. The number of likely N-dealkylation sites (tertiary alicyclic amines) is 1. The summed E-state index contributed by atoms with van der Waals surface area (Å²) in [5.41, 5.74) is 1.81. The van der Waals surface area contributed by atoms with Crippen molar-refractivity contribution in [3.8, 4) is 11.5 Å². The van der Waals surface area contributed by atoms with Gasteiger partial charge in [0.25, 0.3) is 5.91 Å². The Morgan fingerprint density at radius 2 is 1.87 bits per heavy atom. The molecule has 0 bridgehead atoms. The lowest BCUT2D eigenvalue weighted by molar-refractivity contribution is -0.134. The summed E-state index contributed by atoms with van der Waals surface area (Å²) in [5, 5.41) is 6.12. The zero-order valence-corrected chi connectivity index (χ0v) is 18.0. The van der Waals surface area contributed by atoms with Crippen molar-refractivity contribution in [1.82, 2.24) is 9.91 Å². The molecule has 4 rings (SSSR count). The van der Waals surface area contributed by atoms with Gasteiger partial charge in [-0.2, -0.15) is 5.10 Å². The van der Waals surface area contributed by atoms with E-state index in [9.17, 15) is 9.18 Å². The molecule has 2 heterocycles. The van der Waals surface area contributed by atoms with Crippen LogP contribution in [0.5, 0.6) is 11.5 Å². The number of nitrogens with zero attached hydrogens (tertiary/aromatic N) is 3. The number of carbonyl (C=O) groups is 1. The molecule has 2 aliphatic rings. The van der Waals surface area contributed by atoms with Gasteiger partial charge in [0.05, 0.1) is 32.5 Å². The van der Waals surface area contributed by atoms with Crippen LogP contribution in [0.15, 0.2) is 47.6 Å². The van der Waals surface area contributed by atoms with E-state index in [0.717, 1.165) is 31.5 Å². The highest BCUT2D eigenvalue weighted by molar-refractivity contribution is 6.03. The topological polar surface area (TPSA) is 54.4 Å². The third-order valence-corrected chi connectivity index (χ3v) is 5.96. The van der Waals surface area contributed by atoms with Crippen LogP contribution in [0.3, 0.4) is 0 Å². The van der Waals surface area contributed by atoms with Gasteiger partial charge in [0, 0.05) is 23.6 Å². The average Bonchev–Trinajstić information content (AvgIpc) is 3.24. The molecule has 0 aromatic heterocycles. The number of benzene rings is 2. The Kier molecular flexibility index (Phi) is 6.51. The first kappa shape index (κ1) is 21.3. The van der Waals surface area contributed by atoms with Crippen molar-refractivity contribution >= 4 is 11.6 Å². The van der Waals surface area contributed by atoms with Gasteiger partial charge in [-0.3, -0.25) is 9.69 Å². The molecule has 1 amide bonds. The predicted molar refractivity (Wildman–Crippen MR) is 117 cm³/mol. The van der Waals surface area contributed by atoms with E-state index in [1.165, 1.54) is 17.5 Å². The van der Waals surface area contributed by atoms with Crippen molar-refractivity contribution in [2.24, 2.45) is 5.10 Å². The normalized spacial score (nSPS) is 19.3. The molecule has 7 heteroatoms. The number of methoxy groups -OCH3 is 2. The molecule has 0 saturated carbocycles. The molecular weight excluding hydrogens is 397 g/mol. The van der Waals surface area contributed by atoms with Crippen LogP contribution < -0.4 is 9.47 Å². The third-order valence-electron chi connectivity index (χ3n) is 5.96. The first-order valence-corrected chi connectivity index (χ1v) is 10.7. The molecule has 2 aromatic rings. The lowest BCUT2D eigenvalue weighted by Gasteiger charge is -2.29. The summed E-state index contributed by atoms with van der Waals surface area (Å²) in [6, 6.07) is 11.7. The molecule has 0 N–H and O–H groups in total. The second kappa shape index (κ2) is 9.47. The highest BCUT2D eigenvalue weighted by atomic mass is 19.1. The predicted octanol–water partition coefficient (Wildman–Crippen LogP) is 4.01. The molecule has 0 spiro atoms. The summed E-state index contributed by atoms with van der Waals surface area (Å²) in [6.45, 7) is 2.14. The minimum atomic E-state index is -0.368. The number of hydrazone groups is 1. The van der Waals surface area contributed by atoms with Crippen molar-refractivity contribution < 1.29 is 18.7 Å². The van der Waals surface area contributed by atoms with Crippen LogP contribution in [-0.2, 0) is 4.79 Å². The number of ether oxygens (including phenoxy) is 2. The van der Waals surface area contributed by atoms with Crippen molar-refractivity contribution in [2.75, 3.05) is 33.9 Å². The van der Waals surface area contributed by atoms with Crippen LogP contribution in [0, 0.1) is 5.82 Å². The first-order valence-electron chi connectivity index (χ1n) is 10.7. The summed E-state index contributed by atoms with van der Waals surface area (Å²) >= 11 is 0. The van der Waals surface area contributed by atoms with Gasteiger partial charge < -0.3 is 9.47 Å². The maximum absolute atomic E-state index is 14.5. The van der Waals surface area contributed by atoms with Gasteiger partial charge in [0.15, 0.2) is 0 Å². The Balaban J connectivity index is 1.67. The minimum Gasteiger partial charge on any atom is -0.497 e. The Morgan fingerprint density at radius 1 is 1.10 bits per heavy atom. The maximum atomic E-state index is 14.5. The Morgan fingerprint density at radius 3 is 2.58 bits per heavy atom. The standard InChI is InChI=1S/C24H28FN3O3/c1-30-17-10-11-19(23(14-17)31-2)22-15-21(18-8-4-5-9-20(18)25)26-28(22)24(29)16-27-12-6-3-7-13-27/h4-5,8-11,14,22H,3,6-7,12-13,15-16H2,1-2H3. The van der Waals surface area contributed by atoms with E-state index in [1.54, 1.807) is 38.5 Å². The van der Waals surface area contributed by atoms with E-state index in [4.69, 9.17) is 9.47 Å². The van der Waals surface area contributed by atoms with E-state index in [1.807, 2.05) is 12.1 Å². The van der Waals surface area contributed by atoms with Crippen molar-refractivity contribution in [3.05, 3.63) is 59.4 Å². The molecule has 0 aliphatic carbocycles. The van der Waals surface area contributed by atoms with Crippen LogP contribution in [0.25, 0.3) is 0 Å². The minimum absolute atomic E-state index is 0.0869. The lowest BCUT2D eigenvalue weighted by Crippen LogP contribution is -2.40. The highest BCUT2D eigenvalue weighted by Gasteiger charge is 2.36. The Labute approximate surface area is 182 Å². The second-order valence-corrected chi connectivity index (χ2v) is 7.93. The second-order valence-electron chi connectivity index (χ2n) is 7.93. The first-order chi connectivity index (χ1) is 15.1. The molecule has 1 fully saturated rings. The number of carbonyl (C=O) groups excluding carboxylic acids is 1. The SMILES string of the molecule is COc1ccc(C2CC(c3ccccc3F)=NN2C(=O)CN2CCCCC2)c(OC)c1. The molecule has 2 aliphatic heterocycles. The van der Waals surface area contributed by atoms with Crippen LogP contribution in [0.1, 0.15) is 42.9 Å². The molecule has 164 valence electrons. The van der Waals surface area contributed by atoms with Gasteiger partial charge in [0.1, 0.15) is 17.3 Å². The quantitative estimate of drug-likeness (QED) is 0.702. The Hall–Kier alpha value is -2.93. The number of hydrogen-bond acceptors (Lipinski definition) is 5. The zero-order chi connectivity index (χ0) is 21.8. The smallest absolute Gasteiger partial charge is 0.257 e. The summed E-state index contributed by atoms with van der Waals surface area (Å²) in [6.07, 6.45) is 3.82. The van der Waals surface area contributed by atoms with E-state index in [0.29, 0.717) is 35.7 Å². The fourth-order valence-electron chi connectivity index (χ4n) is 4.32. The number of amides is 1. The maximum Gasteiger partial charge on any atom is 0.257 e. The van der Waals surface area contributed by atoms with Crippen molar-refractivity contribution in [2.45, 2.75) is 31.7 Å². The van der Waals surface area contributed by atoms with Gasteiger partial charge in [0.2, 0.25) is 0 Å². The number of halogens is 1. The molecule has 1 saturated heterocycles. The summed E-state index contributed by atoms with van der Waals surface area (Å²) in [7, 11) is 3.18. The van der Waals surface area contributed by atoms with Gasteiger partial charge in [-0.1, -0.05) is 24.6 Å². The fourth-order valence-corrected chi connectivity index (χ4v) is 4.32. The number of rotatable bonds is 6. The lowest BCUT2D eigenvalue weighted by atomic mass is 9.97. The van der Waals surface area contributed by atoms with E-state index < -0.39 is 0 Å². The van der Waals surface area contributed by atoms with Crippen molar-refractivity contribution in [3.63, 3.8) is 0 Å². The molecule has 31 heavy (non-hydrogen) atoms.